The summed E-state index contributed by atoms with van der Waals surface area (Å²) in [4.78, 5) is 12.3. The molecule has 0 unspecified atom stereocenters. The van der Waals surface area contributed by atoms with Crippen LogP contribution in [0.25, 0.3) is 0 Å². The molecule has 1 aliphatic rings. The van der Waals surface area contributed by atoms with Gasteiger partial charge in [0.25, 0.3) is 0 Å². The number of thiol groups is 1. The second-order valence-electron chi connectivity index (χ2n) is 6.41. The van der Waals surface area contributed by atoms with Gasteiger partial charge in [-0.25, -0.2) is 0 Å². The third-order valence-electron chi connectivity index (χ3n) is 3.96. The second kappa shape index (κ2) is 8.90. The molecule has 118 valence electrons. The van der Waals surface area contributed by atoms with Gasteiger partial charge in [-0.1, -0.05) is 34.1 Å². The van der Waals surface area contributed by atoms with Crippen molar-refractivity contribution >= 4 is 18.5 Å². The van der Waals surface area contributed by atoms with E-state index in [0.29, 0.717) is 23.1 Å². The van der Waals surface area contributed by atoms with E-state index in [0.717, 1.165) is 32.5 Å². The molecule has 5 heteroatoms. The Morgan fingerprint density at radius 1 is 1.40 bits per heavy atom. The molecular formula is C15H31N3OS. The zero-order valence-corrected chi connectivity index (χ0v) is 14.2. The average Bonchev–Trinajstić information content (AvgIpc) is 2.81. The van der Waals surface area contributed by atoms with Crippen molar-refractivity contribution in [3.8, 4) is 0 Å². The Balaban J connectivity index is 2.44. The normalized spacial score (nSPS) is 25.7. The first-order chi connectivity index (χ1) is 9.43. The first kappa shape index (κ1) is 17.8. The lowest BCUT2D eigenvalue weighted by molar-refractivity contribution is -0.124. The maximum atomic E-state index is 12.3. The molecule has 4 atom stereocenters. The smallest absolute Gasteiger partial charge is 0.237 e. The molecule has 20 heavy (non-hydrogen) atoms. The monoisotopic (exact) mass is 301 g/mol. The number of nitrogens with one attached hydrogen (secondary N) is 3. The van der Waals surface area contributed by atoms with Crippen LogP contribution < -0.4 is 16.0 Å². The Morgan fingerprint density at radius 3 is 2.60 bits per heavy atom. The number of carbonyl (C=O) groups is 1. The van der Waals surface area contributed by atoms with Crippen molar-refractivity contribution in [2.45, 2.75) is 57.9 Å². The quantitative estimate of drug-likeness (QED) is 0.513. The summed E-state index contributed by atoms with van der Waals surface area (Å²) in [7, 11) is 0. The minimum Gasteiger partial charge on any atom is -0.354 e. The van der Waals surface area contributed by atoms with Crippen molar-refractivity contribution in [2.24, 2.45) is 11.8 Å². The van der Waals surface area contributed by atoms with Gasteiger partial charge in [0.05, 0.1) is 6.04 Å². The predicted octanol–water partition coefficient (Wildman–Crippen LogP) is 1.42. The molecule has 0 aromatic rings. The molecule has 1 saturated heterocycles. The number of hydrogen-bond acceptors (Lipinski definition) is 4. The van der Waals surface area contributed by atoms with Gasteiger partial charge in [-0.2, -0.15) is 12.6 Å². The van der Waals surface area contributed by atoms with Gasteiger partial charge in [-0.15, -0.1) is 0 Å². The van der Waals surface area contributed by atoms with Crippen LogP contribution in [0.15, 0.2) is 0 Å². The molecule has 1 fully saturated rings. The van der Waals surface area contributed by atoms with Crippen molar-refractivity contribution < 1.29 is 4.79 Å². The molecule has 3 N–H and O–H groups in total. The first-order valence-corrected chi connectivity index (χ1v) is 8.38. The van der Waals surface area contributed by atoms with Crippen LogP contribution in [0.4, 0.5) is 0 Å². The minimum atomic E-state index is -0.0977. The number of carbonyl (C=O) groups excluding carboxylic acids is 1. The molecule has 0 aliphatic carbocycles. The average molecular weight is 302 g/mol. The fraction of sp³-hybridized carbons (Fsp3) is 0.933. The van der Waals surface area contributed by atoms with Gasteiger partial charge < -0.3 is 16.0 Å². The van der Waals surface area contributed by atoms with Crippen LogP contribution >= 0.6 is 12.6 Å². The van der Waals surface area contributed by atoms with Crippen LogP contribution in [-0.2, 0) is 4.79 Å². The maximum Gasteiger partial charge on any atom is 0.237 e. The molecule has 0 aromatic carbocycles. The van der Waals surface area contributed by atoms with Crippen LogP contribution in [0.2, 0.25) is 0 Å². The summed E-state index contributed by atoms with van der Waals surface area (Å²) in [5.41, 5.74) is 0. The summed E-state index contributed by atoms with van der Waals surface area (Å²) in [6, 6.07) is 0.335. The lowest BCUT2D eigenvalue weighted by Crippen LogP contribution is -2.51. The van der Waals surface area contributed by atoms with E-state index in [1.54, 1.807) is 0 Å². The van der Waals surface area contributed by atoms with E-state index in [9.17, 15) is 4.79 Å². The molecule has 1 amide bonds. The SMILES string of the molecule is CC[C@H](C)[C@H](NC[C@H]1C[C@@H](S)CN1)C(=O)NCC(C)C. The third-order valence-corrected chi connectivity index (χ3v) is 4.36. The van der Waals surface area contributed by atoms with Crippen molar-refractivity contribution in [3.63, 3.8) is 0 Å². The van der Waals surface area contributed by atoms with E-state index in [-0.39, 0.29) is 11.9 Å². The van der Waals surface area contributed by atoms with Crippen molar-refractivity contribution in [1.29, 1.82) is 0 Å². The van der Waals surface area contributed by atoms with Crippen LogP contribution in [-0.4, -0.2) is 42.9 Å². The zero-order valence-electron chi connectivity index (χ0n) is 13.3. The Kier molecular flexibility index (Phi) is 7.92. The number of hydrogen-bond donors (Lipinski definition) is 4. The molecule has 0 radical (unpaired) electrons. The second-order valence-corrected chi connectivity index (χ2v) is 7.14. The fourth-order valence-corrected chi connectivity index (χ4v) is 2.79. The highest BCUT2D eigenvalue weighted by Crippen LogP contribution is 2.13. The Hall–Kier alpha value is -0.260. The minimum absolute atomic E-state index is 0.0977. The highest BCUT2D eigenvalue weighted by atomic mass is 32.1. The molecule has 1 rings (SSSR count). The summed E-state index contributed by atoms with van der Waals surface area (Å²) < 4.78 is 0. The summed E-state index contributed by atoms with van der Waals surface area (Å²) in [5.74, 6) is 0.960. The zero-order chi connectivity index (χ0) is 15.1. The van der Waals surface area contributed by atoms with Crippen molar-refractivity contribution in [2.75, 3.05) is 19.6 Å². The molecule has 4 nitrogen and oxygen atoms in total. The fourth-order valence-electron chi connectivity index (χ4n) is 2.43. The van der Waals surface area contributed by atoms with Gasteiger partial charge in [0.15, 0.2) is 0 Å². The molecule has 0 spiro atoms. The first-order valence-electron chi connectivity index (χ1n) is 7.86. The topological polar surface area (TPSA) is 53.2 Å². The predicted molar refractivity (Wildman–Crippen MR) is 88.3 cm³/mol. The summed E-state index contributed by atoms with van der Waals surface area (Å²) in [5, 5.41) is 10.4. The molecule has 0 bridgehead atoms. The lowest BCUT2D eigenvalue weighted by Gasteiger charge is -2.25. The number of rotatable bonds is 8. The summed E-state index contributed by atoms with van der Waals surface area (Å²) in [6.45, 7) is 11.0. The highest BCUT2D eigenvalue weighted by molar-refractivity contribution is 7.81. The molecule has 0 saturated carbocycles. The lowest BCUT2D eigenvalue weighted by atomic mass is 9.97. The van der Waals surface area contributed by atoms with Crippen LogP contribution in [0.3, 0.4) is 0 Å². The Morgan fingerprint density at radius 2 is 2.10 bits per heavy atom. The Bertz CT molecular complexity index is 299. The van der Waals surface area contributed by atoms with Crippen LogP contribution in [0.5, 0.6) is 0 Å². The molecule has 1 heterocycles. The van der Waals surface area contributed by atoms with E-state index < -0.39 is 0 Å². The Labute approximate surface area is 129 Å². The van der Waals surface area contributed by atoms with Crippen molar-refractivity contribution in [1.82, 2.24) is 16.0 Å². The van der Waals surface area contributed by atoms with Gasteiger partial charge >= 0.3 is 0 Å². The largest absolute Gasteiger partial charge is 0.354 e. The van der Waals surface area contributed by atoms with Gasteiger partial charge in [-0.3, -0.25) is 4.79 Å². The van der Waals surface area contributed by atoms with E-state index >= 15 is 0 Å². The highest BCUT2D eigenvalue weighted by Gasteiger charge is 2.26. The summed E-state index contributed by atoms with van der Waals surface area (Å²) >= 11 is 4.48. The van der Waals surface area contributed by atoms with Gasteiger partial charge in [0.2, 0.25) is 5.91 Å². The van der Waals surface area contributed by atoms with Crippen molar-refractivity contribution in [3.05, 3.63) is 0 Å². The van der Waals surface area contributed by atoms with Crippen LogP contribution in [0.1, 0.15) is 40.5 Å². The van der Waals surface area contributed by atoms with Crippen LogP contribution in [0, 0.1) is 11.8 Å². The van der Waals surface area contributed by atoms with E-state index in [1.165, 1.54) is 0 Å². The van der Waals surface area contributed by atoms with E-state index in [2.05, 4.69) is 56.3 Å². The third kappa shape index (κ3) is 6.02. The van der Waals surface area contributed by atoms with E-state index in [1.807, 2.05) is 0 Å². The van der Waals surface area contributed by atoms with Gasteiger partial charge in [-0.05, 0) is 18.3 Å². The molecular weight excluding hydrogens is 270 g/mol. The molecule has 0 aromatic heterocycles. The number of amides is 1. The van der Waals surface area contributed by atoms with Gasteiger partial charge in [0, 0.05) is 30.9 Å². The molecule has 1 aliphatic heterocycles. The maximum absolute atomic E-state index is 12.3. The van der Waals surface area contributed by atoms with Gasteiger partial charge in [0.1, 0.15) is 0 Å². The van der Waals surface area contributed by atoms with E-state index in [4.69, 9.17) is 0 Å². The summed E-state index contributed by atoms with van der Waals surface area (Å²) in [6.07, 6.45) is 2.07. The standard InChI is InChI=1S/C15H31N3OS/c1-5-11(4)14(15(19)18-7-10(2)3)17-8-12-6-13(20)9-16-12/h10-14,16-17,20H,5-9H2,1-4H3,(H,18,19)/t11-,12+,13+,14-/m0/s1.